The summed E-state index contributed by atoms with van der Waals surface area (Å²) in [5.41, 5.74) is 3.35. The number of carbonyl (C=O) groups is 1. The van der Waals surface area contributed by atoms with Gasteiger partial charge in [0.15, 0.2) is 0 Å². The average molecular weight is 482 g/mol. The summed E-state index contributed by atoms with van der Waals surface area (Å²) in [6.45, 7) is 0.411. The van der Waals surface area contributed by atoms with Crippen molar-refractivity contribution in [3.8, 4) is 5.00 Å². The zero-order valence-electron chi connectivity index (χ0n) is 17.7. The van der Waals surface area contributed by atoms with E-state index in [-0.39, 0.29) is 11.7 Å². The number of halogens is 2. The Morgan fingerprint density at radius 1 is 1.06 bits per heavy atom. The zero-order chi connectivity index (χ0) is 22.5. The fourth-order valence-corrected chi connectivity index (χ4v) is 7.17. The molecule has 168 valence electrons. The number of amides is 2. The third kappa shape index (κ3) is 3.48. The number of thiophene rings is 2. The van der Waals surface area contributed by atoms with Crippen molar-refractivity contribution in [2.75, 3.05) is 5.32 Å². The number of rotatable bonds is 2. The van der Waals surface area contributed by atoms with Crippen LogP contribution in [0.4, 0.5) is 19.3 Å². The molecule has 3 aromatic heterocycles. The van der Waals surface area contributed by atoms with E-state index in [0.717, 1.165) is 53.0 Å². The maximum atomic E-state index is 14.4. The van der Waals surface area contributed by atoms with Crippen molar-refractivity contribution in [3.63, 3.8) is 0 Å². The minimum absolute atomic E-state index is 0.155. The number of urea groups is 1. The molecule has 0 radical (unpaired) electrons. The second-order valence-corrected chi connectivity index (χ2v) is 10.5. The topological polar surface area (TPSA) is 37.3 Å². The molecule has 0 unspecified atom stereocenters. The molecule has 1 aliphatic heterocycles. The number of carbonyl (C=O) groups excluding carboxylic acids is 1. The van der Waals surface area contributed by atoms with E-state index in [9.17, 15) is 13.6 Å². The largest absolute Gasteiger partial charge is 0.323 e. The Kier molecular flexibility index (Phi) is 5.07. The van der Waals surface area contributed by atoms with E-state index in [4.69, 9.17) is 0 Å². The van der Waals surface area contributed by atoms with Crippen LogP contribution in [0.2, 0.25) is 0 Å². The van der Waals surface area contributed by atoms with E-state index in [1.54, 1.807) is 16.2 Å². The third-order valence-corrected chi connectivity index (χ3v) is 8.68. The molecule has 8 heteroatoms. The summed E-state index contributed by atoms with van der Waals surface area (Å²) < 4.78 is 30.3. The van der Waals surface area contributed by atoms with Crippen LogP contribution >= 0.6 is 22.7 Å². The highest BCUT2D eigenvalue weighted by atomic mass is 32.1. The van der Waals surface area contributed by atoms with Crippen molar-refractivity contribution in [2.45, 2.75) is 38.3 Å². The first-order valence-corrected chi connectivity index (χ1v) is 12.7. The molecule has 2 amide bonds. The molecule has 0 saturated carbocycles. The second-order valence-electron chi connectivity index (χ2n) is 8.40. The lowest BCUT2D eigenvalue weighted by Crippen LogP contribution is -2.38. The summed E-state index contributed by atoms with van der Waals surface area (Å²) >= 11 is 3.40. The van der Waals surface area contributed by atoms with Crippen molar-refractivity contribution in [2.24, 2.45) is 0 Å². The van der Waals surface area contributed by atoms with Gasteiger partial charge < -0.3 is 14.8 Å². The fraction of sp³-hybridized carbons (Fsp3) is 0.240. The molecular weight excluding hydrogens is 460 g/mol. The van der Waals surface area contributed by atoms with Gasteiger partial charge in [0, 0.05) is 27.6 Å². The number of aromatic nitrogens is 1. The lowest BCUT2D eigenvalue weighted by atomic mass is 9.95. The van der Waals surface area contributed by atoms with Gasteiger partial charge in [0.1, 0.15) is 22.7 Å². The maximum absolute atomic E-state index is 14.4. The van der Waals surface area contributed by atoms with Crippen LogP contribution < -0.4 is 5.32 Å². The highest BCUT2D eigenvalue weighted by Crippen LogP contribution is 2.44. The number of aryl methyl sites for hydroxylation is 1. The van der Waals surface area contributed by atoms with E-state index in [1.165, 1.54) is 22.4 Å². The fourth-order valence-electron chi connectivity index (χ4n) is 4.91. The van der Waals surface area contributed by atoms with E-state index in [2.05, 4.69) is 16.1 Å². The molecule has 0 bridgehead atoms. The SMILES string of the molecule is O=C(Nc1cc(F)ccc1F)N1Cc2c(sc3c2CCCC3)-n2cccc2[C@H]1c1cccs1. The monoisotopic (exact) mass is 481 g/mol. The van der Waals surface area contributed by atoms with Gasteiger partial charge in [0.2, 0.25) is 0 Å². The van der Waals surface area contributed by atoms with Gasteiger partial charge in [-0.1, -0.05) is 6.07 Å². The zero-order valence-corrected chi connectivity index (χ0v) is 19.3. The number of hydrogen-bond acceptors (Lipinski definition) is 3. The molecule has 6 rings (SSSR count). The minimum atomic E-state index is -0.663. The molecule has 1 aromatic carbocycles. The predicted octanol–water partition coefficient (Wildman–Crippen LogP) is 6.89. The minimum Gasteiger partial charge on any atom is -0.310 e. The van der Waals surface area contributed by atoms with Gasteiger partial charge in [0.05, 0.1) is 17.9 Å². The Morgan fingerprint density at radius 2 is 1.94 bits per heavy atom. The van der Waals surface area contributed by atoms with Crippen molar-refractivity contribution >= 4 is 34.4 Å². The number of nitrogens with zero attached hydrogens (tertiary/aromatic N) is 2. The van der Waals surface area contributed by atoms with Crippen LogP contribution in [0.25, 0.3) is 5.00 Å². The number of hydrogen-bond donors (Lipinski definition) is 1. The van der Waals surface area contributed by atoms with E-state index < -0.39 is 17.7 Å². The molecule has 33 heavy (non-hydrogen) atoms. The summed E-state index contributed by atoms with van der Waals surface area (Å²) in [5, 5.41) is 5.79. The van der Waals surface area contributed by atoms with Gasteiger partial charge in [-0.25, -0.2) is 13.6 Å². The molecule has 4 heterocycles. The summed E-state index contributed by atoms with van der Waals surface area (Å²) in [5.74, 6) is -1.26. The highest BCUT2D eigenvalue weighted by molar-refractivity contribution is 7.15. The van der Waals surface area contributed by atoms with Crippen LogP contribution in [0.1, 0.15) is 45.5 Å². The number of anilines is 1. The van der Waals surface area contributed by atoms with Gasteiger partial charge in [-0.05, 0) is 67.0 Å². The molecule has 4 aromatic rings. The van der Waals surface area contributed by atoms with E-state index in [0.29, 0.717) is 6.54 Å². The maximum Gasteiger partial charge on any atom is 0.323 e. The van der Waals surface area contributed by atoms with E-state index >= 15 is 0 Å². The first kappa shape index (κ1) is 20.6. The van der Waals surface area contributed by atoms with Crippen LogP contribution in [0.3, 0.4) is 0 Å². The molecular formula is C25H21F2N3OS2. The first-order valence-electron chi connectivity index (χ1n) is 11.0. The van der Waals surface area contributed by atoms with Gasteiger partial charge in [-0.15, -0.1) is 22.7 Å². The van der Waals surface area contributed by atoms with Gasteiger partial charge in [-0.3, -0.25) is 0 Å². The summed E-state index contributed by atoms with van der Waals surface area (Å²) in [4.78, 5) is 17.8. The highest BCUT2D eigenvalue weighted by Gasteiger charge is 2.36. The van der Waals surface area contributed by atoms with Crippen LogP contribution in [0.5, 0.6) is 0 Å². The van der Waals surface area contributed by atoms with Crippen molar-refractivity contribution < 1.29 is 13.6 Å². The summed E-state index contributed by atoms with van der Waals surface area (Å²) in [6.07, 6.45) is 6.47. The van der Waals surface area contributed by atoms with Crippen LogP contribution in [0, 0.1) is 11.6 Å². The number of fused-ring (bicyclic) bond motifs is 5. The Labute approximate surface area is 198 Å². The smallest absolute Gasteiger partial charge is 0.310 e. The number of benzene rings is 1. The Hall–Kier alpha value is -2.97. The molecule has 4 nitrogen and oxygen atoms in total. The average Bonchev–Trinajstić information content (AvgIpc) is 3.55. The molecule has 0 saturated heterocycles. The van der Waals surface area contributed by atoms with Crippen molar-refractivity contribution in [1.82, 2.24) is 9.47 Å². The first-order chi connectivity index (χ1) is 16.1. The molecule has 1 N–H and O–H groups in total. The van der Waals surface area contributed by atoms with Crippen molar-refractivity contribution in [1.29, 1.82) is 0 Å². The second kappa shape index (κ2) is 8.11. The normalized spacial score (nSPS) is 17.2. The quantitative estimate of drug-likeness (QED) is 0.332. The van der Waals surface area contributed by atoms with Gasteiger partial charge in [-0.2, -0.15) is 0 Å². The van der Waals surface area contributed by atoms with Gasteiger partial charge >= 0.3 is 6.03 Å². The summed E-state index contributed by atoms with van der Waals surface area (Å²) in [6, 6.07) is 10.3. The lowest BCUT2D eigenvalue weighted by molar-refractivity contribution is 0.195. The van der Waals surface area contributed by atoms with Crippen molar-refractivity contribution in [3.05, 3.63) is 92.3 Å². The van der Waals surface area contributed by atoms with Crippen LogP contribution in [-0.2, 0) is 19.4 Å². The molecule has 0 fully saturated rings. The predicted molar refractivity (Wildman–Crippen MR) is 127 cm³/mol. The Balaban J connectivity index is 1.49. The summed E-state index contributed by atoms with van der Waals surface area (Å²) in [7, 11) is 0. The van der Waals surface area contributed by atoms with Crippen LogP contribution in [0.15, 0.2) is 54.0 Å². The van der Waals surface area contributed by atoms with Gasteiger partial charge in [0.25, 0.3) is 0 Å². The molecule has 2 aliphatic rings. The molecule has 1 aliphatic carbocycles. The van der Waals surface area contributed by atoms with Crippen LogP contribution in [-0.4, -0.2) is 15.5 Å². The number of nitrogens with one attached hydrogen (secondary N) is 1. The molecule has 0 spiro atoms. The third-order valence-electron chi connectivity index (χ3n) is 6.42. The standard InChI is InChI=1S/C25H21F2N3OS2/c26-15-9-10-18(27)19(13-15)28-25(31)30-14-17-16-5-1-2-7-21(16)33-24(17)29-11-3-6-20(29)23(30)22-8-4-12-32-22/h3-4,6,8-13,23H,1-2,5,7,14H2,(H,28,31)/t23-/m0/s1. The lowest BCUT2D eigenvalue weighted by Gasteiger charge is -2.30. The Bertz CT molecular complexity index is 1340. The van der Waals surface area contributed by atoms with E-state index in [1.807, 2.05) is 41.0 Å². The molecule has 1 atom stereocenters. The Morgan fingerprint density at radius 3 is 2.79 bits per heavy atom.